The fourth-order valence-corrected chi connectivity index (χ4v) is 3.03. The Kier molecular flexibility index (Phi) is 4.97. The van der Waals surface area contributed by atoms with Gasteiger partial charge in [-0.05, 0) is 42.5 Å². The van der Waals surface area contributed by atoms with Crippen LogP contribution in [-0.4, -0.2) is 15.4 Å². The molecule has 3 aromatic rings. The summed E-state index contributed by atoms with van der Waals surface area (Å²) >= 11 is 12.1. The molecule has 2 heterocycles. The van der Waals surface area contributed by atoms with Gasteiger partial charge in [0, 0.05) is 34.5 Å². The summed E-state index contributed by atoms with van der Waals surface area (Å²) in [5.74, 6) is 0.558. The minimum absolute atomic E-state index is 0.156. The Hall–Kier alpha value is -2.17. The summed E-state index contributed by atoms with van der Waals surface area (Å²) < 4.78 is 7.37. The van der Waals surface area contributed by atoms with Crippen molar-refractivity contribution >= 4 is 29.1 Å². The van der Waals surface area contributed by atoms with Crippen LogP contribution in [-0.2, 0) is 20.1 Å². The van der Waals surface area contributed by atoms with E-state index in [1.807, 2.05) is 36.0 Å². The molecule has 0 aliphatic rings. The van der Waals surface area contributed by atoms with E-state index in [9.17, 15) is 4.79 Å². The van der Waals surface area contributed by atoms with Crippen molar-refractivity contribution in [3.63, 3.8) is 0 Å². The Bertz CT molecular complexity index is 820. The minimum atomic E-state index is -0.156. The number of hydrogen-bond donors (Lipinski definition) is 0. The summed E-state index contributed by atoms with van der Waals surface area (Å²) in [6.45, 7) is 0.814. The summed E-state index contributed by atoms with van der Waals surface area (Å²) in [5, 5.41) is 0.866. The molecule has 1 amide bonds. The van der Waals surface area contributed by atoms with Crippen LogP contribution in [0.1, 0.15) is 21.8 Å². The third kappa shape index (κ3) is 3.83. The Morgan fingerprint density at radius 3 is 2.46 bits per heavy atom. The van der Waals surface area contributed by atoms with E-state index in [4.69, 9.17) is 27.6 Å². The van der Waals surface area contributed by atoms with Gasteiger partial charge in [-0.3, -0.25) is 4.79 Å². The topological polar surface area (TPSA) is 38.4 Å². The number of hydrogen-bond acceptors (Lipinski definition) is 2. The molecule has 0 saturated heterocycles. The molecular weight excluding hydrogens is 347 g/mol. The van der Waals surface area contributed by atoms with Crippen LogP contribution in [0.4, 0.5) is 0 Å². The van der Waals surface area contributed by atoms with E-state index in [1.165, 1.54) is 0 Å². The third-order valence-corrected chi connectivity index (χ3v) is 4.16. The number of carbonyl (C=O) groups excluding carboxylic acids is 1. The molecule has 0 aliphatic carbocycles. The van der Waals surface area contributed by atoms with Crippen LogP contribution in [0, 0.1) is 0 Å². The van der Waals surface area contributed by atoms with Gasteiger partial charge in [0.2, 0.25) is 0 Å². The maximum Gasteiger partial charge on any atom is 0.254 e. The first kappa shape index (κ1) is 16.7. The zero-order chi connectivity index (χ0) is 17.1. The summed E-state index contributed by atoms with van der Waals surface area (Å²) in [6.07, 6.45) is 3.54. The van der Waals surface area contributed by atoms with Crippen molar-refractivity contribution < 1.29 is 9.21 Å². The third-order valence-electron chi connectivity index (χ3n) is 3.73. The second-order valence-corrected chi connectivity index (χ2v) is 6.38. The van der Waals surface area contributed by atoms with Crippen molar-refractivity contribution in [2.75, 3.05) is 0 Å². The average Bonchev–Trinajstić information content (AvgIpc) is 3.17. The van der Waals surface area contributed by atoms with E-state index in [0.717, 1.165) is 5.69 Å². The molecule has 0 N–H and O–H groups in total. The van der Waals surface area contributed by atoms with Crippen LogP contribution < -0.4 is 0 Å². The lowest BCUT2D eigenvalue weighted by Crippen LogP contribution is -2.30. The number of carbonyl (C=O) groups is 1. The molecular formula is C18H16Cl2N2O2. The molecule has 124 valence electrons. The number of aryl methyl sites for hydroxylation is 1. The monoisotopic (exact) mass is 362 g/mol. The van der Waals surface area contributed by atoms with E-state index >= 15 is 0 Å². The molecule has 0 radical (unpaired) electrons. The van der Waals surface area contributed by atoms with Crippen LogP contribution >= 0.6 is 23.2 Å². The highest BCUT2D eigenvalue weighted by Gasteiger charge is 2.19. The van der Waals surface area contributed by atoms with Gasteiger partial charge in [0.15, 0.2) is 0 Å². The maximum atomic E-state index is 13.0. The van der Waals surface area contributed by atoms with Crippen LogP contribution in [0.3, 0.4) is 0 Å². The zero-order valence-electron chi connectivity index (χ0n) is 13.1. The fourth-order valence-electron chi connectivity index (χ4n) is 2.51. The highest BCUT2D eigenvalue weighted by Crippen LogP contribution is 2.22. The largest absolute Gasteiger partial charge is 0.467 e. The van der Waals surface area contributed by atoms with Crippen molar-refractivity contribution in [1.29, 1.82) is 0 Å². The first-order valence-corrected chi connectivity index (χ1v) is 8.16. The predicted molar refractivity (Wildman–Crippen MR) is 94.2 cm³/mol. The minimum Gasteiger partial charge on any atom is -0.467 e. The lowest BCUT2D eigenvalue weighted by molar-refractivity contribution is 0.0714. The van der Waals surface area contributed by atoms with Crippen molar-refractivity contribution in [2.45, 2.75) is 13.1 Å². The van der Waals surface area contributed by atoms with Gasteiger partial charge >= 0.3 is 0 Å². The average molecular weight is 363 g/mol. The number of halogens is 2. The molecule has 1 aromatic carbocycles. The number of nitrogens with zero attached hydrogens (tertiary/aromatic N) is 2. The molecule has 0 aliphatic heterocycles. The van der Waals surface area contributed by atoms with Crippen LogP contribution in [0.15, 0.2) is 59.3 Å². The number of aromatic nitrogens is 1. The lowest BCUT2D eigenvalue weighted by Gasteiger charge is -2.22. The summed E-state index contributed by atoms with van der Waals surface area (Å²) in [6, 6.07) is 12.4. The van der Waals surface area contributed by atoms with E-state index in [0.29, 0.717) is 34.5 Å². The molecule has 2 aromatic heterocycles. The maximum absolute atomic E-state index is 13.0. The molecule has 0 bridgehead atoms. The van der Waals surface area contributed by atoms with E-state index in [1.54, 1.807) is 35.4 Å². The molecule has 0 atom stereocenters. The highest BCUT2D eigenvalue weighted by molar-refractivity contribution is 6.35. The van der Waals surface area contributed by atoms with Gasteiger partial charge in [0.1, 0.15) is 5.76 Å². The molecule has 3 rings (SSSR count). The first-order valence-electron chi connectivity index (χ1n) is 7.41. The predicted octanol–water partition coefficient (Wildman–Crippen LogP) is 4.77. The van der Waals surface area contributed by atoms with Gasteiger partial charge in [0.25, 0.3) is 5.91 Å². The van der Waals surface area contributed by atoms with Crippen molar-refractivity contribution in [3.8, 4) is 0 Å². The number of amides is 1. The number of rotatable bonds is 5. The fraction of sp³-hybridized carbons (Fsp3) is 0.167. The van der Waals surface area contributed by atoms with Crippen molar-refractivity contribution in [3.05, 3.63) is 82.0 Å². The quantitative estimate of drug-likeness (QED) is 0.655. The first-order chi connectivity index (χ1) is 11.5. The SMILES string of the molecule is Cn1cccc1CN(Cc1ccco1)C(=O)c1cc(Cl)cc(Cl)c1. The van der Waals surface area contributed by atoms with Gasteiger partial charge in [-0.1, -0.05) is 23.2 Å². The molecule has 4 nitrogen and oxygen atoms in total. The van der Waals surface area contributed by atoms with Crippen molar-refractivity contribution in [2.24, 2.45) is 7.05 Å². The van der Waals surface area contributed by atoms with Gasteiger partial charge < -0.3 is 13.9 Å². The summed E-state index contributed by atoms with van der Waals surface area (Å²) in [5.41, 5.74) is 1.47. The molecule has 6 heteroatoms. The Morgan fingerprint density at radius 1 is 1.12 bits per heavy atom. The Balaban J connectivity index is 1.90. The molecule has 0 unspecified atom stereocenters. The highest BCUT2D eigenvalue weighted by atomic mass is 35.5. The number of furan rings is 1. The van der Waals surface area contributed by atoms with Gasteiger partial charge in [0.05, 0.1) is 19.4 Å². The van der Waals surface area contributed by atoms with Crippen LogP contribution in [0.2, 0.25) is 10.0 Å². The molecule has 24 heavy (non-hydrogen) atoms. The molecule has 0 spiro atoms. The van der Waals surface area contributed by atoms with Crippen molar-refractivity contribution in [1.82, 2.24) is 9.47 Å². The Labute approximate surface area is 150 Å². The second-order valence-electron chi connectivity index (χ2n) is 5.51. The van der Waals surface area contributed by atoms with Gasteiger partial charge in [-0.2, -0.15) is 0 Å². The molecule has 0 fully saturated rings. The molecule has 0 saturated carbocycles. The lowest BCUT2D eigenvalue weighted by atomic mass is 10.2. The summed E-state index contributed by atoms with van der Waals surface area (Å²) in [7, 11) is 1.95. The van der Waals surface area contributed by atoms with Crippen LogP contribution in [0.5, 0.6) is 0 Å². The van der Waals surface area contributed by atoms with E-state index in [2.05, 4.69) is 0 Å². The standard InChI is InChI=1S/C18H16Cl2N2O2/c1-21-6-2-4-16(21)11-22(12-17-5-3-7-24-17)18(23)13-8-14(19)10-15(20)9-13/h2-10H,11-12H2,1H3. The zero-order valence-corrected chi connectivity index (χ0v) is 14.6. The van der Waals surface area contributed by atoms with E-state index in [-0.39, 0.29) is 5.91 Å². The van der Waals surface area contributed by atoms with Gasteiger partial charge in [-0.15, -0.1) is 0 Å². The Morgan fingerprint density at radius 2 is 1.88 bits per heavy atom. The summed E-state index contributed by atoms with van der Waals surface area (Å²) in [4.78, 5) is 14.7. The number of benzene rings is 1. The van der Waals surface area contributed by atoms with E-state index < -0.39 is 0 Å². The smallest absolute Gasteiger partial charge is 0.254 e. The van der Waals surface area contributed by atoms with Crippen LogP contribution in [0.25, 0.3) is 0 Å². The second kappa shape index (κ2) is 7.16. The normalized spacial score (nSPS) is 10.8. The van der Waals surface area contributed by atoms with Gasteiger partial charge in [-0.25, -0.2) is 0 Å².